The third-order valence-electron chi connectivity index (χ3n) is 4.19. The molecule has 0 aliphatic heterocycles. The van der Waals surface area contributed by atoms with Crippen molar-refractivity contribution in [1.29, 1.82) is 0 Å². The second kappa shape index (κ2) is 11.3. The van der Waals surface area contributed by atoms with Crippen LogP contribution in [0.1, 0.15) is 90.4 Å². The predicted octanol–water partition coefficient (Wildman–Crippen LogP) is 5.25. The molecule has 1 aliphatic carbocycles. The zero-order valence-corrected chi connectivity index (χ0v) is 12.8. The molecular weight excluding hydrogens is 236 g/mol. The van der Waals surface area contributed by atoms with Gasteiger partial charge in [-0.15, -0.1) is 0 Å². The fourth-order valence-electron chi connectivity index (χ4n) is 2.52. The van der Waals surface area contributed by atoms with Gasteiger partial charge in [0.15, 0.2) is 0 Å². The van der Waals surface area contributed by atoms with Gasteiger partial charge in [0.05, 0.1) is 6.61 Å². The Morgan fingerprint density at radius 2 is 1.53 bits per heavy atom. The molecule has 0 N–H and O–H groups in total. The van der Waals surface area contributed by atoms with Gasteiger partial charge < -0.3 is 4.74 Å². The summed E-state index contributed by atoms with van der Waals surface area (Å²) in [6.07, 6.45) is 16.1. The number of hydrogen-bond donors (Lipinski definition) is 0. The van der Waals surface area contributed by atoms with E-state index in [1.54, 1.807) is 0 Å². The highest BCUT2D eigenvalue weighted by atomic mass is 16.5. The van der Waals surface area contributed by atoms with Gasteiger partial charge in [0.25, 0.3) is 0 Å². The molecule has 0 saturated heterocycles. The second-order valence-corrected chi connectivity index (χ2v) is 6.06. The third kappa shape index (κ3) is 9.07. The van der Waals surface area contributed by atoms with Crippen molar-refractivity contribution in [2.75, 3.05) is 6.61 Å². The van der Waals surface area contributed by atoms with Crippen molar-refractivity contribution in [3.8, 4) is 0 Å². The lowest BCUT2D eigenvalue weighted by molar-refractivity contribution is -0.146. The monoisotopic (exact) mass is 268 g/mol. The van der Waals surface area contributed by atoms with Crippen LogP contribution in [0, 0.1) is 5.92 Å². The molecule has 0 amide bonds. The van der Waals surface area contributed by atoms with Gasteiger partial charge in [0.1, 0.15) is 0 Å². The molecular formula is C17H32O2. The van der Waals surface area contributed by atoms with Crippen LogP contribution in [-0.4, -0.2) is 12.6 Å². The lowest BCUT2D eigenvalue weighted by atomic mass is 9.86. The molecule has 2 heteroatoms. The van der Waals surface area contributed by atoms with Crippen LogP contribution in [0.4, 0.5) is 0 Å². The topological polar surface area (TPSA) is 26.3 Å². The van der Waals surface area contributed by atoms with Gasteiger partial charge >= 0.3 is 5.97 Å². The summed E-state index contributed by atoms with van der Waals surface area (Å²) in [6, 6.07) is 0. The molecule has 1 aliphatic rings. The molecule has 1 saturated carbocycles. The van der Waals surface area contributed by atoms with Gasteiger partial charge in [-0.1, -0.05) is 64.7 Å². The molecule has 0 unspecified atom stereocenters. The average molecular weight is 268 g/mol. The fourth-order valence-corrected chi connectivity index (χ4v) is 2.52. The molecule has 0 aromatic heterocycles. The highest BCUT2D eigenvalue weighted by Gasteiger charge is 2.18. The Kier molecular flexibility index (Phi) is 9.84. The predicted molar refractivity (Wildman–Crippen MR) is 80.1 cm³/mol. The zero-order valence-electron chi connectivity index (χ0n) is 12.8. The molecule has 0 spiro atoms. The quantitative estimate of drug-likeness (QED) is 0.357. The van der Waals surface area contributed by atoms with Crippen molar-refractivity contribution < 1.29 is 9.53 Å². The summed E-state index contributed by atoms with van der Waals surface area (Å²) < 4.78 is 5.28. The first-order valence-corrected chi connectivity index (χ1v) is 8.48. The maximum absolute atomic E-state index is 11.5. The van der Waals surface area contributed by atoms with Gasteiger partial charge in [-0.3, -0.25) is 4.79 Å². The van der Waals surface area contributed by atoms with Crippen LogP contribution in [0.15, 0.2) is 0 Å². The molecule has 0 radical (unpaired) electrons. The summed E-state index contributed by atoms with van der Waals surface area (Å²) in [7, 11) is 0. The van der Waals surface area contributed by atoms with Gasteiger partial charge in [-0.05, 0) is 25.2 Å². The maximum Gasteiger partial charge on any atom is 0.305 e. The largest absolute Gasteiger partial charge is 0.465 e. The standard InChI is InChI=1S/C17H32O2/c1-2-3-4-5-6-7-8-9-10-14-17(18)19-15-16-12-11-13-16/h16H,2-15H2,1H3. The van der Waals surface area contributed by atoms with E-state index < -0.39 is 0 Å². The van der Waals surface area contributed by atoms with E-state index in [0.717, 1.165) is 6.42 Å². The van der Waals surface area contributed by atoms with Crippen molar-refractivity contribution >= 4 is 5.97 Å². The summed E-state index contributed by atoms with van der Waals surface area (Å²) in [6.45, 7) is 2.93. The Balaban J connectivity index is 1.75. The van der Waals surface area contributed by atoms with E-state index in [-0.39, 0.29) is 5.97 Å². The molecule has 1 fully saturated rings. The van der Waals surface area contributed by atoms with E-state index in [4.69, 9.17) is 4.74 Å². The molecule has 0 bridgehead atoms. The lowest BCUT2D eigenvalue weighted by Gasteiger charge is -2.24. The minimum absolute atomic E-state index is 0.0230. The fraction of sp³-hybridized carbons (Fsp3) is 0.941. The minimum atomic E-state index is 0.0230. The first-order valence-electron chi connectivity index (χ1n) is 8.48. The number of carbonyl (C=O) groups excluding carboxylic acids is 1. The summed E-state index contributed by atoms with van der Waals surface area (Å²) in [5.41, 5.74) is 0. The first-order chi connectivity index (χ1) is 9.33. The number of unbranched alkanes of at least 4 members (excludes halogenated alkanes) is 8. The third-order valence-corrected chi connectivity index (χ3v) is 4.19. The molecule has 19 heavy (non-hydrogen) atoms. The van der Waals surface area contributed by atoms with Crippen molar-refractivity contribution in [3.63, 3.8) is 0 Å². The van der Waals surface area contributed by atoms with E-state index in [0.29, 0.717) is 18.9 Å². The van der Waals surface area contributed by atoms with E-state index in [1.807, 2.05) is 0 Å². The van der Waals surface area contributed by atoms with Gasteiger partial charge in [-0.2, -0.15) is 0 Å². The Bertz CT molecular complexity index is 221. The Labute approximate surface area is 119 Å². The smallest absolute Gasteiger partial charge is 0.305 e. The van der Waals surface area contributed by atoms with Crippen LogP contribution < -0.4 is 0 Å². The number of ether oxygens (including phenoxy) is 1. The molecule has 112 valence electrons. The number of carbonyl (C=O) groups is 1. The summed E-state index contributed by atoms with van der Waals surface area (Å²) in [5.74, 6) is 0.696. The van der Waals surface area contributed by atoms with Crippen LogP contribution in [0.5, 0.6) is 0 Å². The van der Waals surface area contributed by atoms with Crippen molar-refractivity contribution in [1.82, 2.24) is 0 Å². The Morgan fingerprint density at radius 1 is 0.947 bits per heavy atom. The maximum atomic E-state index is 11.5. The number of esters is 1. The summed E-state index contributed by atoms with van der Waals surface area (Å²) in [5, 5.41) is 0. The molecule has 0 atom stereocenters. The highest BCUT2D eigenvalue weighted by Crippen LogP contribution is 2.26. The molecule has 1 rings (SSSR count). The highest BCUT2D eigenvalue weighted by molar-refractivity contribution is 5.69. The normalized spacial score (nSPS) is 15.2. The average Bonchev–Trinajstić information content (AvgIpc) is 2.35. The second-order valence-electron chi connectivity index (χ2n) is 6.06. The molecule has 0 heterocycles. The number of rotatable bonds is 12. The van der Waals surface area contributed by atoms with E-state index in [1.165, 1.54) is 70.6 Å². The van der Waals surface area contributed by atoms with Gasteiger partial charge in [0.2, 0.25) is 0 Å². The van der Waals surface area contributed by atoms with Gasteiger partial charge in [-0.25, -0.2) is 0 Å². The summed E-state index contributed by atoms with van der Waals surface area (Å²) >= 11 is 0. The first kappa shape index (κ1) is 16.5. The lowest BCUT2D eigenvalue weighted by Crippen LogP contribution is -2.19. The van der Waals surface area contributed by atoms with Crippen molar-refractivity contribution in [3.05, 3.63) is 0 Å². The van der Waals surface area contributed by atoms with Crippen LogP contribution in [0.25, 0.3) is 0 Å². The van der Waals surface area contributed by atoms with Crippen LogP contribution in [0.3, 0.4) is 0 Å². The SMILES string of the molecule is CCCCCCCCCCCC(=O)OCC1CCC1. The van der Waals surface area contributed by atoms with Crippen LogP contribution in [0.2, 0.25) is 0 Å². The molecule has 2 nitrogen and oxygen atoms in total. The Morgan fingerprint density at radius 3 is 2.05 bits per heavy atom. The minimum Gasteiger partial charge on any atom is -0.465 e. The molecule has 0 aromatic carbocycles. The molecule has 0 aromatic rings. The van der Waals surface area contributed by atoms with E-state index in [9.17, 15) is 4.79 Å². The summed E-state index contributed by atoms with van der Waals surface area (Å²) in [4.78, 5) is 11.5. The van der Waals surface area contributed by atoms with Crippen molar-refractivity contribution in [2.45, 2.75) is 90.4 Å². The van der Waals surface area contributed by atoms with E-state index in [2.05, 4.69) is 6.92 Å². The van der Waals surface area contributed by atoms with Crippen LogP contribution in [-0.2, 0) is 9.53 Å². The zero-order chi connectivity index (χ0) is 13.8. The van der Waals surface area contributed by atoms with Crippen LogP contribution >= 0.6 is 0 Å². The van der Waals surface area contributed by atoms with Crippen molar-refractivity contribution in [2.24, 2.45) is 5.92 Å². The van der Waals surface area contributed by atoms with Gasteiger partial charge in [0, 0.05) is 6.42 Å². The number of hydrogen-bond acceptors (Lipinski definition) is 2. The Hall–Kier alpha value is -0.530. The van der Waals surface area contributed by atoms with E-state index >= 15 is 0 Å².